The van der Waals surface area contributed by atoms with Crippen LogP contribution < -0.4 is 15.2 Å². The van der Waals surface area contributed by atoms with Crippen molar-refractivity contribution in [1.29, 1.82) is 0 Å². The van der Waals surface area contributed by atoms with Crippen LogP contribution in [0, 0.1) is 5.92 Å². The molecule has 148 valence electrons. The van der Waals surface area contributed by atoms with Crippen LogP contribution in [0.5, 0.6) is 0 Å². The molecule has 0 spiro atoms. The van der Waals surface area contributed by atoms with Crippen LogP contribution in [-0.2, 0) is 11.3 Å². The van der Waals surface area contributed by atoms with E-state index in [-0.39, 0.29) is 11.5 Å². The smallest absolute Gasteiger partial charge is 0.349 e. The standard InChI is InChI=1S/C20H17N3O5S/c1-11-9-23(10-11)14-4-2-12-6-15(20(24)28-17(12)8-14)19-21-16-5-3-13(22-29(25)26)7-18(16)27-19/h2-8,11,22H,9-10H2,1H3,(H,25,26)/p-1. The summed E-state index contributed by atoms with van der Waals surface area (Å²) in [5.74, 6) is 0.792. The van der Waals surface area contributed by atoms with Crippen molar-refractivity contribution in [3.63, 3.8) is 0 Å². The maximum absolute atomic E-state index is 12.6. The van der Waals surface area contributed by atoms with E-state index in [1.165, 1.54) is 6.07 Å². The lowest BCUT2D eigenvalue weighted by molar-refractivity contribution is 0.447. The molecule has 4 aromatic rings. The number of fused-ring (bicyclic) bond motifs is 2. The molecule has 3 heterocycles. The van der Waals surface area contributed by atoms with E-state index in [4.69, 9.17) is 8.83 Å². The van der Waals surface area contributed by atoms with Gasteiger partial charge in [0.25, 0.3) is 0 Å². The van der Waals surface area contributed by atoms with Gasteiger partial charge in [-0.05, 0) is 36.2 Å². The summed E-state index contributed by atoms with van der Waals surface area (Å²) in [5.41, 5.74) is 2.41. The first-order chi connectivity index (χ1) is 14.0. The van der Waals surface area contributed by atoms with Crippen LogP contribution in [0.1, 0.15) is 6.92 Å². The first kappa shape index (κ1) is 17.9. The van der Waals surface area contributed by atoms with Gasteiger partial charge in [0.05, 0.1) is 0 Å². The number of anilines is 2. The Balaban J connectivity index is 1.54. The quantitative estimate of drug-likeness (QED) is 0.406. The van der Waals surface area contributed by atoms with E-state index >= 15 is 0 Å². The number of rotatable bonds is 4. The minimum absolute atomic E-state index is 0.122. The minimum Gasteiger partial charge on any atom is -0.755 e. The number of benzene rings is 2. The summed E-state index contributed by atoms with van der Waals surface area (Å²) in [6, 6.07) is 12.2. The third-order valence-corrected chi connectivity index (χ3v) is 5.37. The van der Waals surface area contributed by atoms with Gasteiger partial charge in [-0.15, -0.1) is 0 Å². The Morgan fingerprint density at radius 3 is 2.72 bits per heavy atom. The van der Waals surface area contributed by atoms with E-state index in [0.717, 1.165) is 24.2 Å². The Kier molecular flexibility index (Phi) is 4.14. The number of aromatic nitrogens is 1. The molecule has 1 saturated heterocycles. The molecule has 29 heavy (non-hydrogen) atoms. The van der Waals surface area contributed by atoms with E-state index in [2.05, 4.69) is 21.5 Å². The average molecular weight is 410 g/mol. The van der Waals surface area contributed by atoms with Gasteiger partial charge in [-0.1, -0.05) is 6.92 Å². The van der Waals surface area contributed by atoms with Gasteiger partial charge >= 0.3 is 5.63 Å². The minimum atomic E-state index is -2.44. The van der Waals surface area contributed by atoms with Crippen molar-refractivity contribution in [1.82, 2.24) is 4.98 Å². The fourth-order valence-electron chi connectivity index (χ4n) is 3.56. The fraction of sp³-hybridized carbons (Fsp3) is 0.200. The van der Waals surface area contributed by atoms with Crippen molar-refractivity contribution in [3.05, 3.63) is 52.9 Å². The van der Waals surface area contributed by atoms with Gasteiger partial charge in [0, 0.05) is 53.2 Å². The number of oxazole rings is 1. The maximum atomic E-state index is 12.6. The van der Waals surface area contributed by atoms with Gasteiger partial charge in [0.2, 0.25) is 5.89 Å². The molecule has 0 amide bonds. The molecule has 1 aliphatic heterocycles. The summed E-state index contributed by atoms with van der Waals surface area (Å²) in [5, 5.41) is 0.767. The molecule has 2 aromatic heterocycles. The molecule has 5 rings (SSSR count). The topological polar surface area (TPSA) is 112 Å². The second-order valence-electron chi connectivity index (χ2n) is 7.22. The van der Waals surface area contributed by atoms with E-state index in [0.29, 0.717) is 28.3 Å². The highest BCUT2D eigenvalue weighted by Crippen LogP contribution is 2.30. The second kappa shape index (κ2) is 6.71. The van der Waals surface area contributed by atoms with Crippen LogP contribution in [0.25, 0.3) is 33.5 Å². The summed E-state index contributed by atoms with van der Waals surface area (Å²) >= 11 is -2.44. The second-order valence-corrected chi connectivity index (χ2v) is 7.89. The van der Waals surface area contributed by atoms with Crippen LogP contribution in [-0.4, -0.2) is 26.8 Å². The fourth-order valence-corrected chi connectivity index (χ4v) is 3.87. The molecule has 8 nitrogen and oxygen atoms in total. The zero-order valence-corrected chi connectivity index (χ0v) is 16.2. The molecule has 1 aliphatic rings. The maximum Gasteiger partial charge on any atom is 0.349 e. The van der Waals surface area contributed by atoms with Crippen molar-refractivity contribution in [2.45, 2.75) is 6.92 Å². The molecule has 1 unspecified atom stereocenters. The molecule has 0 aliphatic carbocycles. The molecule has 9 heteroatoms. The normalized spacial score (nSPS) is 15.6. The molecule has 1 atom stereocenters. The summed E-state index contributed by atoms with van der Waals surface area (Å²) in [6.45, 7) is 4.18. The van der Waals surface area contributed by atoms with E-state index in [9.17, 15) is 13.6 Å². The zero-order chi connectivity index (χ0) is 20.1. The highest BCUT2D eigenvalue weighted by atomic mass is 32.2. The Hall–Kier alpha value is -3.17. The van der Waals surface area contributed by atoms with Gasteiger partial charge in [-0.25, -0.2) is 9.78 Å². The van der Waals surface area contributed by atoms with Gasteiger partial charge < -0.3 is 23.0 Å². The Morgan fingerprint density at radius 1 is 1.14 bits per heavy atom. The van der Waals surface area contributed by atoms with Crippen molar-refractivity contribution in [2.24, 2.45) is 5.92 Å². The molecule has 2 aromatic carbocycles. The predicted octanol–water partition coefficient (Wildman–Crippen LogP) is 3.26. The lowest BCUT2D eigenvalue weighted by Crippen LogP contribution is -2.45. The number of nitrogens with zero attached hydrogens (tertiary/aromatic N) is 2. The highest BCUT2D eigenvalue weighted by Gasteiger charge is 2.23. The number of nitrogens with one attached hydrogen (secondary N) is 1. The Labute approximate surface area is 167 Å². The van der Waals surface area contributed by atoms with Crippen molar-refractivity contribution in [3.8, 4) is 11.5 Å². The van der Waals surface area contributed by atoms with Crippen LogP contribution >= 0.6 is 0 Å². The lowest BCUT2D eigenvalue weighted by Gasteiger charge is -2.39. The van der Waals surface area contributed by atoms with Crippen LogP contribution in [0.2, 0.25) is 0 Å². The SMILES string of the molecule is CC1CN(c2ccc3cc(-c4nc5ccc(NS(=O)[O-])cc5o4)c(=O)oc3c2)C1. The molecule has 0 saturated carbocycles. The largest absolute Gasteiger partial charge is 0.755 e. The van der Waals surface area contributed by atoms with Crippen LogP contribution in [0.15, 0.2) is 56.1 Å². The van der Waals surface area contributed by atoms with E-state index in [1.807, 2.05) is 18.2 Å². The summed E-state index contributed by atoms with van der Waals surface area (Å²) in [6.07, 6.45) is 0. The van der Waals surface area contributed by atoms with E-state index < -0.39 is 16.9 Å². The number of hydrogen-bond donors (Lipinski definition) is 1. The van der Waals surface area contributed by atoms with E-state index in [1.54, 1.807) is 18.2 Å². The summed E-state index contributed by atoms with van der Waals surface area (Å²) in [4.78, 5) is 19.1. The molecule has 0 bridgehead atoms. The highest BCUT2D eigenvalue weighted by molar-refractivity contribution is 7.80. The number of hydrogen-bond acceptors (Lipinski definition) is 7. The van der Waals surface area contributed by atoms with Gasteiger partial charge in [0.1, 0.15) is 16.7 Å². The molecule has 1 fully saturated rings. The zero-order valence-electron chi connectivity index (χ0n) is 15.4. The van der Waals surface area contributed by atoms with Crippen molar-refractivity contribution in [2.75, 3.05) is 22.7 Å². The average Bonchev–Trinajstić information content (AvgIpc) is 3.07. The molecule has 0 radical (unpaired) electrons. The first-order valence-corrected chi connectivity index (χ1v) is 10.1. The summed E-state index contributed by atoms with van der Waals surface area (Å²) < 4.78 is 35.1. The third kappa shape index (κ3) is 3.28. The van der Waals surface area contributed by atoms with Crippen molar-refractivity contribution < 1.29 is 17.6 Å². The molecule has 1 N–H and O–H groups in total. The van der Waals surface area contributed by atoms with Crippen LogP contribution in [0.3, 0.4) is 0 Å². The van der Waals surface area contributed by atoms with Crippen LogP contribution in [0.4, 0.5) is 11.4 Å². The van der Waals surface area contributed by atoms with Gasteiger partial charge in [-0.2, -0.15) is 0 Å². The molecular weight excluding hydrogens is 394 g/mol. The van der Waals surface area contributed by atoms with Gasteiger partial charge in [0.15, 0.2) is 5.58 Å². The third-order valence-electron chi connectivity index (χ3n) is 4.97. The Morgan fingerprint density at radius 2 is 1.97 bits per heavy atom. The molecular formula is C20H16N3O5S-. The summed E-state index contributed by atoms with van der Waals surface area (Å²) in [7, 11) is 0. The van der Waals surface area contributed by atoms with Gasteiger partial charge in [-0.3, -0.25) is 4.21 Å². The lowest BCUT2D eigenvalue weighted by atomic mass is 10.0. The monoisotopic (exact) mass is 410 g/mol. The predicted molar refractivity (Wildman–Crippen MR) is 109 cm³/mol. The first-order valence-electron chi connectivity index (χ1n) is 9.06. The van der Waals surface area contributed by atoms with Crippen molar-refractivity contribution >= 4 is 44.7 Å². The Bertz CT molecular complexity index is 1320.